The average molecular weight is 238 g/mol. The van der Waals surface area contributed by atoms with Gasteiger partial charge >= 0.3 is 0 Å². The standard InChI is InChI=1S/C14H22O3/c1-8(2)12(16)11-10(6-9(3)15)7-14(4,5)13(11)17/h10-12,16H,1,6-7H2,2-5H3. The van der Waals surface area contributed by atoms with Gasteiger partial charge in [0, 0.05) is 11.8 Å². The lowest BCUT2D eigenvalue weighted by molar-refractivity contribution is -0.130. The van der Waals surface area contributed by atoms with Crippen LogP contribution in [0, 0.1) is 17.3 Å². The van der Waals surface area contributed by atoms with Crippen molar-refractivity contribution in [3.05, 3.63) is 12.2 Å². The lowest BCUT2D eigenvalue weighted by Crippen LogP contribution is -2.33. The Morgan fingerprint density at radius 3 is 2.47 bits per heavy atom. The van der Waals surface area contributed by atoms with Gasteiger partial charge in [0.1, 0.15) is 11.6 Å². The Morgan fingerprint density at radius 1 is 1.53 bits per heavy atom. The zero-order chi connectivity index (χ0) is 13.4. The molecule has 1 fully saturated rings. The molecule has 1 N–H and O–H groups in total. The molecule has 0 aliphatic heterocycles. The number of carbonyl (C=O) groups excluding carboxylic acids is 2. The third-order valence-electron chi connectivity index (χ3n) is 3.64. The second-order valence-corrected chi connectivity index (χ2v) is 5.94. The van der Waals surface area contributed by atoms with Gasteiger partial charge in [-0.1, -0.05) is 26.0 Å². The van der Waals surface area contributed by atoms with Crippen LogP contribution in [0.4, 0.5) is 0 Å². The van der Waals surface area contributed by atoms with Crippen molar-refractivity contribution in [2.24, 2.45) is 17.3 Å². The Balaban J connectivity index is 2.99. The fraction of sp³-hybridized carbons (Fsp3) is 0.714. The second-order valence-electron chi connectivity index (χ2n) is 5.94. The molecule has 3 atom stereocenters. The van der Waals surface area contributed by atoms with Crippen molar-refractivity contribution in [2.45, 2.75) is 46.6 Å². The van der Waals surface area contributed by atoms with Gasteiger partial charge in [-0.2, -0.15) is 0 Å². The van der Waals surface area contributed by atoms with Gasteiger partial charge in [-0.05, 0) is 26.2 Å². The minimum absolute atomic E-state index is 0.0540. The maximum absolute atomic E-state index is 12.3. The summed E-state index contributed by atoms with van der Waals surface area (Å²) in [7, 11) is 0. The van der Waals surface area contributed by atoms with Crippen LogP contribution in [0.25, 0.3) is 0 Å². The number of Topliss-reactive ketones (excluding diaryl/α,β-unsaturated/α-hetero) is 2. The molecule has 3 unspecified atom stereocenters. The molecule has 0 heterocycles. The first-order valence-corrected chi connectivity index (χ1v) is 6.04. The second kappa shape index (κ2) is 4.73. The van der Waals surface area contributed by atoms with E-state index in [4.69, 9.17) is 0 Å². The summed E-state index contributed by atoms with van der Waals surface area (Å²) in [5, 5.41) is 10.1. The highest BCUT2D eigenvalue weighted by Gasteiger charge is 2.50. The van der Waals surface area contributed by atoms with Gasteiger partial charge in [0.15, 0.2) is 0 Å². The monoisotopic (exact) mass is 238 g/mol. The summed E-state index contributed by atoms with van der Waals surface area (Å²) in [6.07, 6.45) is 0.207. The largest absolute Gasteiger partial charge is 0.388 e. The van der Waals surface area contributed by atoms with Gasteiger partial charge in [-0.3, -0.25) is 4.79 Å². The van der Waals surface area contributed by atoms with Crippen LogP contribution < -0.4 is 0 Å². The van der Waals surface area contributed by atoms with Crippen molar-refractivity contribution >= 4 is 11.6 Å². The number of aliphatic hydroxyl groups excluding tert-OH is 1. The van der Waals surface area contributed by atoms with E-state index in [1.54, 1.807) is 6.92 Å². The predicted molar refractivity (Wildman–Crippen MR) is 66.5 cm³/mol. The van der Waals surface area contributed by atoms with Gasteiger partial charge in [0.25, 0.3) is 0 Å². The van der Waals surface area contributed by atoms with Crippen molar-refractivity contribution in [3.63, 3.8) is 0 Å². The summed E-state index contributed by atoms with van der Waals surface area (Å²) in [6.45, 7) is 10.7. The van der Waals surface area contributed by atoms with E-state index in [-0.39, 0.29) is 17.5 Å². The highest BCUT2D eigenvalue weighted by atomic mass is 16.3. The van der Waals surface area contributed by atoms with E-state index in [1.807, 2.05) is 13.8 Å². The van der Waals surface area contributed by atoms with Crippen molar-refractivity contribution in [1.82, 2.24) is 0 Å². The van der Waals surface area contributed by atoms with E-state index < -0.39 is 17.4 Å². The molecule has 0 aromatic carbocycles. The first-order valence-electron chi connectivity index (χ1n) is 6.04. The molecule has 0 saturated heterocycles. The van der Waals surface area contributed by atoms with Gasteiger partial charge in [-0.25, -0.2) is 0 Å². The molecule has 3 heteroatoms. The summed E-state index contributed by atoms with van der Waals surface area (Å²) < 4.78 is 0. The quantitative estimate of drug-likeness (QED) is 0.763. The van der Waals surface area contributed by atoms with Crippen LogP contribution in [-0.2, 0) is 9.59 Å². The minimum atomic E-state index is -0.825. The molecule has 0 spiro atoms. The average Bonchev–Trinajstić information content (AvgIpc) is 2.35. The summed E-state index contributed by atoms with van der Waals surface area (Å²) in [6, 6.07) is 0. The number of ketones is 2. The predicted octanol–water partition coefficient (Wildman–Crippen LogP) is 2.13. The number of aliphatic hydroxyl groups is 1. The van der Waals surface area contributed by atoms with Gasteiger partial charge < -0.3 is 9.90 Å². The third kappa shape index (κ3) is 2.83. The van der Waals surface area contributed by atoms with E-state index in [9.17, 15) is 14.7 Å². The molecular weight excluding hydrogens is 216 g/mol. The Labute approximate surface area is 103 Å². The van der Waals surface area contributed by atoms with E-state index >= 15 is 0 Å². The van der Waals surface area contributed by atoms with Gasteiger partial charge in [-0.15, -0.1) is 0 Å². The lowest BCUT2D eigenvalue weighted by atomic mass is 9.84. The van der Waals surface area contributed by atoms with Crippen molar-refractivity contribution < 1.29 is 14.7 Å². The topological polar surface area (TPSA) is 54.4 Å². The lowest BCUT2D eigenvalue weighted by Gasteiger charge is -2.23. The highest BCUT2D eigenvalue weighted by Crippen LogP contribution is 2.45. The zero-order valence-corrected chi connectivity index (χ0v) is 11.1. The molecule has 1 aliphatic rings. The summed E-state index contributed by atoms with van der Waals surface area (Å²) in [5.74, 6) is -0.397. The Hall–Kier alpha value is -0.960. The highest BCUT2D eigenvalue weighted by molar-refractivity contribution is 5.90. The maximum Gasteiger partial charge on any atom is 0.144 e. The normalized spacial score (nSPS) is 29.1. The van der Waals surface area contributed by atoms with Gasteiger partial charge in [0.2, 0.25) is 0 Å². The molecule has 0 amide bonds. The Kier molecular flexibility index (Phi) is 3.92. The first-order chi connectivity index (χ1) is 7.66. The molecule has 96 valence electrons. The molecule has 0 bridgehead atoms. The molecule has 1 aliphatic carbocycles. The number of hydrogen-bond acceptors (Lipinski definition) is 3. The van der Waals surface area contributed by atoms with Crippen LogP contribution in [0.5, 0.6) is 0 Å². The number of carbonyl (C=O) groups is 2. The third-order valence-corrected chi connectivity index (χ3v) is 3.64. The fourth-order valence-corrected chi connectivity index (χ4v) is 2.82. The van der Waals surface area contributed by atoms with Crippen LogP contribution >= 0.6 is 0 Å². The van der Waals surface area contributed by atoms with Crippen LogP contribution in [-0.4, -0.2) is 22.8 Å². The molecule has 3 nitrogen and oxygen atoms in total. The van der Waals surface area contributed by atoms with Crippen LogP contribution in [0.15, 0.2) is 12.2 Å². The molecule has 0 aromatic heterocycles. The first kappa shape index (κ1) is 14.1. The summed E-state index contributed by atoms with van der Waals surface area (Å²) >= 11 is 0. The molecule has 17 heavy (non-hydrogen) atoms. The van der Waals surface area contributed by atoms with E-state index in [1.165, 1.54) is 6.92 Å². The molecule has 0 aromatic rings. The van der Waals surface area contributed by atoms with Crippen LogP contribution in [0.3, 0.4) is 0 Å². The van der Waals surface area contributed by atoms with Crippen molar-refractivity contribution in [1.29, 1.82) is 0 Å². The number of hydrogen-bond donors (Lipinski definition) is 1. The van der Waals surface area contributed by atoms with Gasteiger partial charge in [0.05, 0.1) is 12.0 Å². The Morgan fingerprint density at radius 2 is 2.06 bits per heavy atom. The van der Waals surface area contributed by atoms with Crippen molar-refractivity contribution in [3.8, 4) is 0 Å². The molecule has 1 saturated carbocycles. The smallest absolute Gasteiger partial charge is 0.144 e. The van der Waals surface area contributed by atoms with Crippen LogP contribution in [0.2, 0.25) is 0 Å². The minimum Gasteiger partial charge on any atom is -0.388 e. The summed E-state index contributed by atoms with van der Waals surface area (Å²) in [4.78, 5) is 23.5. The number of rotatable bonds is 4. The van der Waals surface area contributed by atoms with E-state index in [2.05, 4.69) is 6.58 Å². The molecule has 0 radical (unpaired) electrons. The summed E-state index contributed by atoms with van der Waals surface area (Å²) in [5.41, 5.74) is 0.149. The fourth-order valence-electron chi connectivity index (χ4n) is 2.82. The molecular formula is C14H22O3. The van der Waals surface area contributed by atoms with Crippen LogP contribution in [0.1, 0.15) is 40.5 Å². The van der Waals surface area contributed by atoms with Crippen molar-refractivity contribution in [2.75, 3.05) is 0 Å². The van der Waals surface area contributed by atoms with E-state index in [0.29, 0.717) is 18.4 Å². The van der Waals surface area contributed by atoms with E-state index in [0.717, 1.165) is 0 Å². The molecule has 1 rings (SSSR count). The zero-order valence-electron chi connectivity index (χ0n) is 11.1. The SMILES string of the molecule is C=C(C)C(O)C1C(=O)C(C)(C)CC1CC(C)=O. The maximum atomic E-state index is 12.3. The Bertz CT molecular complexity index is 354.